The largest absolute Gasteiger partial charge is 0.494 e. The maximum absolute atomic E-state index is 13.7. The number of hydrogen-bond acceptors (Lipinski definition) is 15. The van der Waals surface area contributed by atoms with E-state index in [0.717, 1.165) is 37.2 Å². The third-order valence-corrected chi connectivity index (χ3v) is 11.8. The quantitative estimate of drug-likeness (QED) is 0.0378. The lowest BCUT2D eigenvalue weighted by atomic mass is 10.0. The van der Waals surface area contributed by atoms with Gasteiger partial charge in [0.1, 0.15) is 36.4 Å². The number of carbonyl (C=O) groups excluding carboxylic acids is 5. The number of benzene rings is 3. The highest BCUT2D eigenvalue weighted by Gasteiger charge is 2.39. The first-order chi connectivity index (χ1) is 33.1. The molecule has 2 fully saturated rings. The van der Waals surface area contributed by atoms with Crippen LogP contribution in [-0.2, 0) is 44.7 Å². The number of hydrogen-bond donors (Lipinski definition) is 5. The monoisotopic (exact) mass is 959 g/mol. The van der Waals surface area contributed by atoms with Gasteiger partial charge in [-0.05, 0) is 55.7 Å². The summed E-state index contributed by atoms with van der Waals surface area (Å²) in [6, 6.07) is 12.4. The van der Waals surface area contributed by atoms with Gasteiger partial charge >= 0.3 is 0 Å². The Bertz CT molecular complexity index is 2470. The summed E-state index contributed by atoms with van der Waals surface area (Å²) >= 11 is 5.95. The Hall–Kier alpha value is -6.29. The van der Waals surface area contributed by atoms with Crippen molar-refractivity contribution in [2.24, 2.45) is 0 Å². The highest BCUT2D eigenvalue weighted by Crippen LogP contribution is 2.34. The predicted octanol–water partition coefficient (Wildman–Crippen LogP) is 4.19. The van der Waals surface area contributed by atoms with E-state index >= 15 is 0 Å². The first-order valence-electron chi connectivity index (χ1n) is 22.4. The van der Waals surface area contributed by atoms with Crippen molar-refractivity contribution < 1.29 is 52.0 Å². The number of aromatic nitrogens is 2. The number of ether oxygens (including phenoxy) is 5. The molecule has 1 atom stereocenters. The van der Waals surface area contributed by atoms with Gasteiger partial charge in [0, 0.05) is 85.2 Å². The molecule has 1 unspecified atom stereocenters. The molecule has 4 aromatic rings. The molecule has 2 saturated heterocycles. The maximum atomic E-state index is 13.7. The van der Waals surface area contributed by atoms with Gasteiger partial charge in [0.25, 0.3) is 5.91 Å². The third kappa shape index (κ3) is 13.7. The number of rotatable bonds is 24. The minimum absolute atomic E-state index is 0.0310. The molecule has 7 rings (SSSR count). The van der Waals surface area contributed by atoms with Gasteiger partial charge in [0.2, 0.25) is 23.6 Å². The summed E-state index contributed by atoms with van der Waals surface area (Å²) in [5.74, 6) is -1.18. The van der Waals surface area contributed by atoms with Gasteiger partial charge in [-0.25, -0.2) is 14.4 Å². The van der Waals surface area contributed by atoms with Crippen molar-refractivity contribution in [2.75, 3.05) is 102 Å². The fraction of sp³-hybridized carbons (Fsp3) is 0.426. The van der Waals surface area contributed by atoms with Crippen LogP contribution in [0.3, 0.4) is 0 Å². The van der Waals surface area contributed by atoms with Crippen molar-refractivity contribution in [3.8, 4) is 5.75 Å². The molecule has 3 aromatic carbocycles. The van der Waals surface area contributed by atoms with Crippen LogP contribution in [0.4, 0.5) is 27.3 Å². The molecule has 362 valence electrons. The second-order valence-electron chi connectivity index (χ2n) is 16.1. The van der Waals surface area contributed by atoms with E-state index in [4.69, 9.17) is 35.3 Å². The van der Waals surface area contributed by atoms with Crippen molar-refractivity contribution in [2.45, 2.75) is 44.3 Å². The Morgan fingerprint density at radius 3 is 2.40 bits per heavy atom. The molecule has 4 heterocycles. The summed E-state index contributed by atoms with van der Waals surface area (Å²) < 4.78 is 41.5. The number of likely N-dealkylation sites (tertiary alicyclic amines) is 1. The molecule has 5 N–H and O–H groups in total. The standard InChI is InChI=1S/C47H55ClFN9O10/c1-64-41-26-38-33(45(52-29-51-38)54-31-7-8-36(49)35(48)24-31)25-39(41)55-42(59)6-3-14-57-15-11-30(12-16-57)53-44(61)28-68-23-22-67-21-20-66-19-18-65-17-13-50-37-5-2-4-32-34(37)27-58(47(32)63)40-9-10-43(60)56-46(40)62/h2-8,24-26,29-30,40,50H,9-23,27-28H2,1H3,(H,53,61)(H,55,59)(H,51,52,54)(H,56,60,62)/b6-3+. The van der Waals surface area contributed by atoms with Crippen LogP contribution in [0.5, 0.6) is 5.75 Å². The lowest BCUT2D eigenvalue weighted by Gasteiger charge is -2.31. The number of amides is 5. The van der Waals surface area contributed by atoms with Crippen molar-refractivity contribution in [3.05, 3.63) is 89.0 Å². The third-order valence-electron chi connectivity index (χ3n) is 11.5. The van der Waals surface area contributed by atoms with Crippen LogP contribution in [-0.4, -0.2) is 148 Å². The van der Waals surface area contributed by atoms with Crippen LogP contribution in [0.15, 0.2) is 67.0 Å². The average Bonchev–Trinajstić information content (AvgIpc) is 3.66. The topological polar surface area (TPSA) is 224 Å². The summed E-state index contributed by atoms with van der Waals surface area (Å²) in [4.78, 5) is 74.8. The number of imide groups is 1. The SMILES string of the molecule is COc1cc2ncnc(Nc3ccc(F)c(Cl)c3)c2cc1NC(=O)/C=C/CN1CCC(NC(=O)COCCOCCOCCOCCNc2cccc3c2CN(C2CCC(=O)NC2=O)C3=O)CC1. The van der Waals surface area contributed by atoms with E-state index in [9.17, 15) is 28.4 Å². The zero-order chi connectivity index (χ0) is 47.8. The number of halogens is 2. The summed E-state index contributed by atoms with van der Waals surface area (Å²) in [6.07, 6.45) is 6.70. The lowest BCUT2D eigenvalue weighted by molar-refractivity contribution is -0.137. The van der Waals surface area contributed by atoms with Crippen molar-refractivity contribution in [3.63, 3.8) is 0 Å². The molecular weight excluding hydrogens is 905 g/mol. The van der Waals surface area contributed by atoms with Gasteiger partial charge in [0.15, 0.2) is 0 Å². The van der Waals surface area contributed by atoms with Gasteiger partial charge < -0.3 is 49.9 Å². The van der Waals surface area contributed by atoms with Crippen LogP contribution in [0.25, 0.3) is 10.9 Å². The molecule has 1 aromatic heterocycles. The Labute approximate surface area is 397 Å². The van der Waals surface area contributed by atoms with Crippen molar-refractivity contribution >= 4 is 74.9 Å². The predicted molar refractivity (Wildman–Crippen MR) is 250 cm³/mol. The fourth-order valence-corrected chi connectivity index (χ4v) is 8.19. The number of anilines is 4. The summed E-state index contributed by atoms with van der Waals surface area (Å²) in [6.45, 7) is 5.34. The number of nitrogens with zero attached hydrogens (tertiary/aromatic N) is 4. The second kappa shape index (κ2) is 24.6. The minimum atomic E-state index is -0.661. The number of methoxy groups -OCH3 is 1. The summed E-state index contributed by atoms with van der Waals surface area (Å²) in [5.41, 5.74) is 3.69. The average molecular weight is 960 g/mol. The number of carbonyl (C=O) groups is 5. The first kappa shape index (κ1) is 49.6. The van der Waals surface area contributed by atoms with Gasteiger partial charge in [0.05, 0.1) is 69.6 Å². The molecule has 68 heavy (non-hydrogen) atoms. The Kier molecular flexibility index (Phi) is 18.0. The summed E-state index contributed by atoms with van der Waals surface area (Å²) in [5, 5.41) is 15.2. The van der Waals surface area contributed by atoms with E-state index in [0.29, 0.717) is 105 Å². The van der Waals surface area contributed by atoms with E-state index in [1.807, 2.05) is 6.07 Å². The Balaban J connectivity index is 0.689. The van der Waals surface area contributed by atoms with Crippen molar-refractivity contribution in [1.29, 1.82) is 0 Å². The fourth-order valence-electron chi connectivity index (χ4n) is 8.01. The summed E-state index contributed by atoms with van der Waals surface area (Å²) in [7, 11) is 1.50. The Morgan fingerprint density at radius 2 is 1.66 bits per heavy atom. The minimum Gasteiger partial charge on any atom is -0.494 e. The molecule has 0 radical (unpaired) electrons. The molecule has 0 bridgehead atoms. The van der Waals surface area contributed by atoms with E-state index in [1.165, 1.54) is 42.6 Å². The number of piperidine rings is 2. The number of nitrogens with one attached hydrogen (secondary N) is 5. The van der Waals surface area contributed by atoms with E-state index in [2.05, 4.69) is 41.5 Å². The van der Waals surface area contributed by atoms with Gasteiger partial charge in [-0.15, -0.1) is 0 Å². The molecule has 21 heteroatoms. The molecular formula is C47H55ClFN9O10. The highest BCUT2D eigenvalue weighted by atomic mass is 35.5. The van der Waals surface area contributed by atoms with E-state index in [1.54, 1.807) is 30.3 Å². The van der Waals surface area contributed by atoms with Crippen LogP contribution >= 0.6 is 11.6 Å². The Morgan fingerprint density at radius 1 is 0.912 bits per heavy atom. The maximum Gasteiger partial charge on any atom is 0.255 e. The molecule has 0 spiro atoms. The molecule has 0 aliphatic carbocycles. The number of fused-ring (bicyclic) bond motifs is 2. The van der Waals surface area contributed by atoms with Gasteiger partial charge in [-0.3, -0.25) is 34.2 Å². The molecule has 3 aliphatic heterocycles. The normalized spacial score (nSPS) is 16.5. The first-order valence-corrected chi connectivity index (χ1v) is 22.8. The highest BCUT2D eigenvalue weighted by molar-refractivity contribution is 6.31. The van der Waals surface area contributed by atoms with Crippen LogP contribution in [0.1, 0.15) is 41.6 Å². The van der Waals surface area contributed by atoms with E-state index < -0.39 is 17.8 Å². The second-order valence-corrected chi connectivity index (χ2v) is 16.5. The zero-order valence-corrected chi connectivity index (χ0v) is 38.4. The lowest BCUT2D eigenvalue weighted by Crippen LogP contribution is -2.52. The molecule has 19 nitrogen and oxygen atoms in total. The smallest absolute Gasteiger partial charge is 0.255 e. The van der Waals surface area contributed by atoms with Gasteiger partial charge in [-0.2, -0.15) is 0 Å². The van der Waals surface area contributed by atoms with Crippen LogP contribution in [0.2, 0.25) is 5.02 Å². The van der Waals surface area contributed by atoms with Crippen LogP contribution < -0.4 is 31.3 Å². The molecule has 0 saturated carbocycles. The molecule has 3 aliphatic rings. The molecule has 5 amide bonds. The van der Waals surface area contributed by atoms with Gasteiger partial charge in [-0.1, -0.05) is 23.7 Å². The van der Waals surface area contributed by atoms with Crippen molar-refractivity contribution in [1.82, 2.24) is 30.4 Å². The van der Waals surface area contributed by atoms with Crippen LogP contribution in [0, 0.1) is 5.82 Å². The van der Waals surface area contributed by atoms with E-state index in [-0.39, 0.29) is 54.3 Å². The zero-order valence-electron chi connectivity index (χ0n) is 37.7.